The van der Waals surface area contributed by atoms with E-state index in [2.05, 4.69) is 9.40 Å². The first-order valence-electron chi connectivity index (χ1n) is 4.81. The van der Waals surface area contributed by atoms with Crippen molar-refractivity contribution in [3.05, 3.63) is 17.3 Å². The van der Waals surface area contributed by atoms with Crippen LogP contribution in [0.2, 0.25) is 0 Å². The number of halogens is 3. The maximum absolute atomic E-state index is 12.4. The van der Waals surface area contributed by atoms with Crippen molar-refractivity contribution in [3.63, 3.8) is 0 Å². The summed E-state index contributed by atoms with van der Waals surface area (Å²) in [6, 6.07) is 0. The van der Waals surface area contributed by atoms with Crippen molar-refractivity contribution in [2.24, 2.45) is 0 Å². The van der Waals surface area contributed by atoms with E-state index in [1.54, 1.807) is 20.8 Å². The highest BCUT2D eigenvalue weighted by Gasteiger charge is 2.40. The zero-order chi connectivity index (χ0) is 13.4. The SMILES string of the molecule is CC(C)(C)c1nc(C(F)(F)F)oc1CC(=O)O. The van der Waals surface area contributed by atoms with Crippen LogP contribution in [0.15, 0.2) is 4.42 Å². The summed E-state index contributed by atoms with van der Waals surface area (Å²) in [5, 5.41) is 8.60. The lowest BCUT2D eigenvalue weighted by atomic mass is 9.90. The number of aliphatic carboxylic acids is 1. The van der Waals surface area contributed by atoms with Crippen LogP contribution >= 0.6 is 0 Å². The molecule has 0 saturated carbocycles. The Kier molecular flexibility index (Phi) is 3.22. The molecule has 0 unspecified atom stereocenters. The normalized spacial score (nSPS) is 12.8. The van der Waals surface area contributed by atoms with Crippen LogP contribution in [-0.4, -0.2) is 16.1 Å². The second-order valence-electron chi connectivity index (χ2n) is 4.61. The van der Waals surface area contributed by atoms with Crippen molar-refractivity contribution in [3.8, 4) is 0 Å². The van der Waals surface area contributed by atoms with Crippen molar-refractivity contribution in [1.29, 1.82) is 0 Å². The van der Waals surface area contributed by atoms with Crippen LogP contribution in [0.5, 0.6) is 0 Å². The van der Waals surface area contributed by atoms with Crippen molar-refractivity contribution in [2.75, 3.05) is 0 Å². The number of carbonyl (C=O) groups is 1. The third kappa shape index (κ3) is 3.21. The number of carboxylic acid groups (broad SMARTS) is 1. The van der Waals surface area contributed by atoms with E-state index in [-0.39, 0.29) is 11.5 Å². The molecule has 0 atom stereocenters. The zero-order valence-electron chi connectivity index (χ0n) is 9.55. The van der Waals surface area contributed by atoms with Crippen molar-refractivity contribution in [1.82, 2.24) is 4.98 Å². The molecule has 1 heterocycles. The third-order valence-corrected chi connectivity index (χ3v) is 1.96. The van der Waals surface area contributed by atoms with Gasteiger partial charge in [0.15, 0.2) is 0 Å². The monoisotopic (exact) mass is 251 g/mol. The number of rotatable bonds is 2. The number of aromatic nitrogens is 1. The predicted molar refractivity (Wildman–Crippen MR) is 51.5 cm³/mol. The fourth-order valence-corrected chi connectivity index (χ4v) is 1.32. The van der Waals surface area contributed by atoms with Gasteiger partial charge in [0, 0.05) is 5.41 Å². The molecule has 0 radical (unpaired) electrons. The third-order valence-electron chi connectivity index (χ3n) is 1.96. The number of carboxylic acids is 1. The molecule has 0 aliphatic heterocycles. The number of nitrogens with zero attached hydrogens (tertiary/aromatic N) is 1. The summed E-state index contributed by atoms with van der Waals surface area (Å²) in [7, 11) is 0. The predicted octanol–water partition coefficient (Wildman–Crippen LogP) is 2.62. The van der Waals surface area contributed by atoms with E-state index in [1.807, 2.05) is 0 Å². The Bertz CT molecular complexity index is 429. The molecular formula is C10H12F3NO3. The summed E-state index contributed by atoms with van der Waals surface area (Å²) >= 11 is 0. The van der Waals surface area contributed by atoms with E-state index in [0.29, 0.717) is 0 Å². The van der Waals surface area contributed by atoms with Crippen LogP contribution in [0.4, 0.5) is 13.2 Å². The second-order valence-corrected chi connectivity index (χ2v) is 4.61. The Morgan fingerprint density at radius 2 is 1.88 bits per heavy atom. The van der Waals surface area contributed by atoms with Crippen LogP contribution in [0, 0.1) is 0 Å². The summed E-state index contributed by atoms with van der Waals surface area (Å²) < 4.78 is 41.7. The lowest BCUT2D eigenvalue weighted by molar-refractivity contribution is -0.158. The minimum absolute atomic E-state index is 0.0206. The highest BCUT2D eigenvalue weighted by Crippen LogP contribution is 2.34. The summed E-state index contributed by atoms with van der Waals surface area (Å²) in [6.07, 6.45) is -5.33. The van der Waals surface area contributed by atoms with Crippen LogP contribution < -0.4 is 0 Å². The Hall–Kier alpha value is -1.53. The molecule has 0 amide bonds. The summed E-state index contributed by atoms with van der Waals surface area (Å²) in [6.45, 7) is 4.91. The smallest absolute Gasteiger partial charge is 0.468 e. The minimum atomic E-state index is -4.71. The number of hydrogen-bond donors (Lipinski definition) is 1. The van der Waals surface area contributed by atoms with Gasteiger partial charge in [-0.3, -0.25) is 4.79 Å². The molecule has 4 nitrogen and oxygen atoms in total. The van der Waals surface area contributed by atoms with Gasteiger partial charge in [0.25, 0.3) is 0 Å². The van der Waals surface area contributed by atoms with Gasteiger partial charge in [-0.25, -0.2) is 4.98 Å². The first-order valence-corrected chi connectivity index (χ1v) is 4.81. The molecule has 1 rings (SSSR count). The molecule has 17 heavy (non-hydrogen) atoms. The minimum Gasteiger partial charge on any atom is -0.481 e. The fraction of sp³-hybridized carbons (Fsp3) is 0.600. The van der Waals surface area contributed by atoms with E-state index < -0.39 is 29.9 Å². The molecule has 0 spiro atoms. The van der Waals surface area contributed by atoms with E-state index in [1.165, 1.54) is 0 Å². The Morgan fingerprint density at radius 1 is 1.35 bits per heavy atom. The molecule has 1 aromatic heterocycles. The van der Waals surface area contributed by atoms with Gasteiger partial charge in [-0.05, 0) is 0 Å². The largest absolute Gasteiger partial charge is 0.481 e. The van der Waals surface area contributed by atoms with Crippen molar-refractivity contribution >= 4 is 5.97 Å². The topological polar surface area (TPSA) is 63.3 Å². The molecule has 7 heteroatoms. The highest BCUT2D eigenvalue weighted by molar-refractivity contribution is 5.69. The van der Waals surface area contributed by atoms with Gasteiger partial charge in [0.1, 0.15) is 12.2 Å². The lowest BCUT2D eigenvalue weighted by Crippen LogP contribution is -2.16. The summed E-state index contributed by atoms with van der Waals surface area (Å²) in [4.78, 5) is 13.9. The van der Waals surface area contributed by atoms with Crippen LogP contribution in [0.25, 0.3) is 0 Å². The molecule has 0 fully saturated rings. The quantitative estimate of drug-likeness (QED) is 0.877. The molecule has 0 bridgehead atoms. The molecular weight excluding hydrogens is 239 g/mol. The molecule has 1 aromatic rings. The summed E-state index contributed by atoms with van der Waals surface area (Å²) in [5.41, 5.74) is -0.690. The first kappa shape index (κ1) is 13.5. The standard InChI is InChI=1S/C10H12F3NO3/c1-9(2,3)7-5(4-6(15)16)17-8(14-7)10(11,12)13/h4H2,1-3H3,(H,15,16). The fourth-order valence-electron chi connectivity index (χ4n) is 1.32. The van der Waals surface area contributed by atoms with E-state index in [9.17, 15) is 18.0 Å². The average molecular weight is 251 g/mol. The van der Waals surface area contributed by atoms with Gasteiger partial charge in [-0.2, -0.15) is 13.2 Å². The lowest BCUT2D eigenvalue weighted by Gasteiger charge is -2.15. The van der Waals surface area contributed by atoms with Gasteiger partial charge in [-0.1, -0.05) is 20.8 Å². The first-order chi connectivity index (χ1) is 7.51. The van der Waals surface area contributed by atoms with Gasteiger partial charge in [0.2, 0.25) is 0 Å². The second kappa shape index (κ2) is 4.05. The van der Waals surface area contributed by atoms with Gasteiger partial charge in [0.05, 0.1) is 5.69 Å². The maximum Gasteiger partial charge on any atom is 0.468 e. The van der Waals surface area contributed by atoms with Gasteiger partial charge in [-0.15, -0.1) is 0 Å². The average Bonchev–Trinajstić information content (AvgIpc) is 2.44. The molecule has 0 aliphatic carbocycles. The van der Waals surface area contributed by atoms with Crippen molar-refractivity contribution < 1.29 is 27.5 Å². The maximum atomic E-state index is 12.4. The molecule has 0 aromatic carbocycles. The zero-order valence-corrected chi connectivity index (χ0v) is 9.55. The summed E-state index contributed by atoms with van der Waals surface area (Å²) in [5.74, 6) is -2.92. The molecule has 0 saturated heterocycles. The van der Waals surface area contributed by atoms with E-state index >= 15 is 0 Å². The number of oxazole rings is 1. The van der Waals surface area contributed by atoms with Gasteiger partial charge >= 0.3 is 18.0 Å². The van der Waals surface area contributed by atoms with Crippen LogP contribution in [-0.2, 0) is 22.8 Å². The Morgan fingerprint density at radius 3 is 2.24 bits per heavy atom. The van der Waals surface area contributed by atoms with E-state index in [0.717, 1.165) is 0 Å². The highest BCUT2D eigenvalue weighted by atomic mass is 19.4. The van der Waals surface area contributed by atoms with Crippen molar-refractivity contribution in [2.45, 2.75) is 38.8 Å². The molecule has 96 valence electrons. The van der Waals surface area contributed by atoms with Crippen LogP contribution in [0.1, 0.15) is 38.1 Å². The van der Waals surface area contributed by atoms with Crippen LogP contribution in [0.3, 0.4) is 0 Å². The Balaban J connectivity index is 3.27. The number of alkyl halides is 3. The molecule has 1 N–H and O–H groups in total. The Labute approximate surface area is 95.5 Å². The molecule has 0 aliphatic rings. The van der Waals surface area contributed by atoms with E-state index in [4.69, 9.17) is 5.11 Å². The van der Waals surface area contributed by atoms with Gasteiger partial charge < -0.3 is 9.52 Å². The number of hydrogen-bond acceptors (Lipinski definition) is 3.